The van der Waals surface area contributed by atoms with Crippen LogP contribution in [0.3, 0.4) is 0 Å². The molecular weight excluding hydrogens is 240 g/mol. The molecule has 2 atom stereocenters. The van der Waals surface area contributed by atoms with Gasteiger partial charge in [-0.1, -0.05) is 13.8 Å². The second-order valence-corrected chi connectivity index (χ2v) is 6.23. The molecule has 110 valence electrons. The van der Waals surface area contributed by atoms with Crippen LogP contribution in [0.1, 0.15) is 40.0 Å². The number of hydrogen-bond acceptors (Lipinski definition) is 3. The summed E-state index contributed by atoms with van der Waals surface area (Å²) in [5.74, 6) is 1.24. The predicted molar refractivity (Wildman–Crippen MR) is 78.4 cm³/mol. The van der Waals surface area contributed by atoms with Crippen molar-refractivity contribution in [2.45, 2.75) is 45.6 Å². The van der Waals surface area contributed by atoms with Crippen LogP contribution >= 0.6 is 0 Å². The van der Waals surface area contributed by atoms with E-state index in [0.29, 0.717) is 11.8 Å². The van der Waals surface area contributed by atoms with E-state index in [0.717, 1.165) is 32.3 Å². The van der Waals surface area contributed by atoms with Crippen LogP contribution in [0.15, 0.2) is 0 Å². The summed E-state index contributed by atoms with van der Waals surface area (Å²) < 4.78 is 0. The summed E-state index contributed by atoms with van der Waals surface area (Å²) in [7, 11) is 0. The topological polar surface area (TPSA) is 77.0 Å². The van der Waals surface area contributed by atoms with Crippen molar-refractivity contribution >= 4 is 12.2 Å². The van der Waals surface area contributed by atoms with E-state index in [9.17, 15) is 4.79 Å². The molecule has 2 unspecified atom stereocenters. The first-order valence-corrected chi connectivity index (χ1v) is 7.23. The molecule has 1 aliphatic heterocycles. The molecule has 0 aliphatic carbocycles. The van der Waals surface area contributed by atoms with Gasteiger partial charge in [-0.05, 0) is 51.1 Å². The average Bonchev–Trinajstić information content (AvgIpc) is 2.36. The fourth-order valence-corrected chi connectivity index (χ4v) is 2.65. The minimum atomic E-state index is -0.650. The summed E-state index contributed by atoms with van der Waals surface area (Å²) in [5.41, 5.74) is -0.650. The summed E-state index contributed by atoms with van der Waals surface area (Å²) in [5, 5.41) is 17.4. The Morgan fingerprint density at radius 1 is 1.58 bits per heavy atom. The minimum Gasteiger partial charge on any atom is -0.356 e. The van der Waals surface area contributed by atoms with Gasteiger partial charge in [0.2, 0.25) is 0 Å². The zero-order valence-electron chi connectivity index (χ0n) is 12.4. The molecule has 1 heterocycles. The maximum absolute atomic E-state index is 11.2. The summed E-state index contributed by atoms with van der Waals surface area (Å²) in [4.78, 5) is 11.2. The van der Waals surface area contributed by atoms with E-state index in [-0.39, 0.29) is 5.96 Å². The highest BCUT2D eigenvalue weighted by Gasteiger charge is 2.25. The van der Waals surface area contributed by atoms with Crippen LogP contribution in [0, 0.1) is 17.2 Å². The van der Waals surface area contributed by atoms with Crippen molar-refractivity contribution in [3.8, 4) is 0 Å². The zero-order chi connectivity index (χ0) is 14.3. The molecule has 0 aromatic carbocycles. The van der Waals surface area contributed by atoms with Gasteiger partial charge in [-0.25, -0.2) is 0 Å². The van der Waals surface area contributed by atoms with Crippen LogP contribution in [0.25, 0.3) is 0 Å². The first kappa shape index (κ1) is 16.0. The Morgan fingerprint density at radius 3 is 2.84 bits per heavy atom. The van der Waals surface area contributed by atoms with Crippen LogP contribution in [-0.4, -0.2) is 37.4 Å². The number of carbonyl (C=O) groups excluding carboxylic acids is 1. The highest BCUT2D eigenvalue weighted by atomic mass is 16.1. The molecule has 1 fully saturated rings. The second kappa shape index (κ2) is 7.48. The second-order valence-electron chi connectivity index (χ2n) is 6.23. The molecule has 0 aromatic rings. The number of rotatable bonds is 6. The molecule has 0 saturated carbocycles. The van der Waals surface area contributed by atoms with E-state index in [1.54, 1.807) is 0 Å². The van der Waals surface area contributed by atoms with E-state index in [2.05, 4.69) is 29.8 Å². The number of carbonyl (C=O) groups is 1. The van der Waals surface area contributed by atoms with Gasteiger partial charge in [-0.15, -0.1) is 0 Å². The van der Waals surface area contributed by atoms with Crippen molar-refractivity contribution in [3.05, 3.63) is 0 Å². The van der Waals surface area contributed by atoms with Crippen molar-refractivity contribution in [2.24, 2.45) is 11.8 Å². The molecule has 4 N–H and O–H groups in total. The van der Waals surface area contributed by atoms with Crippen LogP contribution in [0.2, 0.25) is 0 Å². The fraction of sp³-hybridized carbons (Fsp3) is 0.857. The lowest BCUT2D eigenvalue weighted by molar-refractivity contribution is -0.112. The quantitative estimate of drug-likeness (QED) is 0.330. The van der Waals surface area contributed by atoms with Crippen molar-refractivity contribution < 1.29 is 4.79 Å². The Morgan fingerprint density at radius 2 is 2.32 bits per heavy atom. The van der Waals surface area contributed by atoms with Crippen molar-refractivity contribution in [1.82, 2.24) is 16.0 Å². The Hall–Kier alpha value is -1.10. The maximum atomic E-state index is 11.2. The minimum absolute atomic E-state index is 0.251. The van der Waals surface area contributed by atoms with Crippen molar-refractivity contribution in [2.75, 3.05) is 19.6 Å². The Labute approximate surface area is 116 Å². The SMILES string of the molecule is CC(C)CC(C)(C=O)NC(=N)NCC1CCCNC1. The summed E-state index contributed by atoms with van der Waals surface area (Å²) in [6.45, 7) is 8.90. The Kier molecular flexibility index (Phi) is 6.28. The monoisotopic (exact) mass is 268 g/mol. The predicted octanol–water partition coefficient (Wildman–Crippen LogP) is 1.10. The number of guanidine groups is 1. The van der Waals surface area contributed by atoms with Gasteiger partial charge < -0.3 is 20.7 Å². The number of nitrogens with one attached hydrogen (secondary N) is 4. The maximum Gasteiger partial charge on any atom is 0.189 e. The average molecular weight is 268 g/mol. The molecule has 5 heteroatoms. The van der Waals surface area contributed by atoms with Crippen LogP contribution in [0.4, 0.5) is 0 Å². The largest absolute Gasteiger partial charge is 0.356 e. The van der Waals surface area contributed by atoms with E-state index >= 15 is 0 Å². The van der Waals surface area contributed by atoms with Gasteiger partial charge in [-0.3, -0.25) is 5.41 Å². The first-order valence-electron chi connectivity index (χ1n) is 7.23. The molecule has 19 heavy (non-hydrogen) atoms. The third-order valence-electron chi connectivity index (χ3n) is 3.47. The smallest absolute Gasteiger partial charge is 0.189 e. The van der Waals surface area contributed by atoms with Crippen LogP contribution < -0.4 is 16.0 Å². The first-order chi connectivity index (χ1) is 8.95. The van der Waals surface area contributed by atoms with Gasteiger partial charge in [0.15, 0.2) is 5.96 Å². The van der Waals surface area contributed by atoms with E-state index < -0.39 is 5.54 Å². The number of hydrogen-bond donors (Lipinski definition) is 4. The lowest BCUT2D eigenvalue weighted by atomic mass is 9.92. The van der Waals surface area contributed by atoms with Crippen LogP contribution in [0.5, 0.6) is 0 Å². The molecule has 0 aromatic heterocycles. The van der Waals surface area contributed by atoms with E-state index in [4.69, 9.17) is 5.41 Å². The highest BCUT2D eigenvalue weighted by molar-refractivity contribution is 5.81. The van der Waals surface area contributed by atoms with E-state index in [1.807, 2.05) is 6.92 Å². The molecule has 0 spiro atoms. The molecule has 0 amide bonds. The third kappa shape index (κ3) is 6.05. The van der Waals surface area contributed by atoms with Crippen molar-refractivity contribution in [1.29, 1.82) is 5.41 Å². The van der Waals surface area contributed by atoms with E-state index in [1.165, 1.54) is 12.8 Å². The molecule has 0 radical (unpaired) electrons. The Balaban J connectivity index is 2.33. The number of aldehydes is 1. The molecule has 1 saturated heterocycles. The van der Waals surface area contributed by atoms with Gasteiger partial charge in [0.1, 0.15) is 6.29 Å². The lowest BCUT2D eigenvalue weighted by Gasteiger charge is -2.29. The standard InChI is InChI=1S/C14H28N4O/c1-11(2)7-14(3,10-19)18-13(15)17-9-12-5-4-6-16-8-12/h10-12,16H,4-9H2,1-3H3,(H3,15,17,18). The van der Waals surface area contributed by atoms with Crippen LogP contribution in [-0.2, 0) is 4.79 Å². The summed E-state index contributed by atoms with van der Waals surface area (Å²) in [6, 6.07) is 0. The molecule has 1 rings (SSSR count). The van der Waals surface area contributed by atoms with Gasteiger partial charge in [-0.2, -0.15) is 0 Å². The number of piperidine rings is 1. The van der Waals surface area contributed by atoms with Gasteiger partial charge >= 0.3 is 0 Å². The molecular formula is C14H28N4O. The van der Waals surface area contributed by atoms with Gasteiger partial charge in [0.05, 0.1) is 5.54 Å². The third-order valence-corrected chi connectivity index (χ3v) is 3.47. The Bertz CT molecular complexity index is 300. The molecule has 1 aliphatic rings. The molecule has 5 nitrogen and oxygen atoms in total. The lowest BCUT2D eigenvalue weighted by Crippen LogP contribution is -2.53. The normalized spacial score (nSPS) is 22.6. The zero-order valence-corrected chi connectivity index (χ0v) is 12.4. The van der Waals surface area contributed by atoms with Gasteiger partial charge in [0.25, 0.3) is 0 Å². The highest BCUT2D eigenvalue weighted by Crippen LogP contribution is 2.14. The fourth-order valence-electron chi connectivity index (χ4n) is 2.65. The summed E-state index contributed by atoms with van der Waals surface area (Å²) in [6.07, 6.45) is 4.04. The molecule has 0 bridgehead atoms. The van der Waals surface area contributed by atoms with Gasteiger partial charge in [0, 0.05) is 6.54 Å². The summed E-state index contributed by atoms with van der Waals surface area (Å²) >= 11 is 0. The van der Waals surface area contributed by atoms with Crippen molar-refractivity contribution in [3.63, 3.8) is 0 Å².